The number of ketones is 1. The minimum absolute atomic E-state index is 0.357. The monoisotopic (exact) mass is 208 g/mol. The van der Waals surface area contributed by atoms with E-state index in [9.17, 15) is 9.59 Å². The van der Waals surface area contributed by atoms with Crippen molar-refractivity contribution in [1.82, 2.24) is 0 Å². The van der Waals surface area contributed by atoms with E-state index in [-0.39, 0.29) is 5.78 Å². The average Bonchev–Trinajstić information content (AvgIpc) is 2.17. The zero-order valence-corrected chi connectivity index (χ0v) is 8.56. The van der Waals surface area contributed by atoms with E-state index in [4.69, 9.17) is 9.84 Å². The van der Waals surface area contributed by atoms with Crippen molar-refractivity contribution in [2.45, 2.75) is 20.0 Å². The first-order valence-corrected chi connectivity index (χ1v) is 4.51. The van der Waals surface area contributed by atoms with Crippen LogP contribution < -0.4 is 4.74 Å². The lowest BCUT2D eigenvalue weighted by Crippen LogP contribution is -2.15. The molecule has 0 fully saturated rings. The normalized spacial score (nSPS) is 11.9. The van der Waals surface area contributed by atoms with E-state index in [1.165, 1.54) is 38.1 Å². The molecular formula is C11H12O4. The Bertz CT molecular complexity index is 365. The van der Waals surface area contributed by atoms with Crippen LogP contribution in [0.1, 0.15) is 24.2 Å². The highest BCUT2D eigenvalue weighted by Gasteiger charge is 2.11. The molecule has 0 aliphatic rings. The molecule has 0 radical (unpaired) electrons. The van der Waals surface area contributed by atoms with E-state index in [0.29, 0.717) is 11.3 Å². The van der Waals surface area contributed by atoms with E-state index in [2.05, 4.69) is 0 Å². The molecule has 1 aromatic rings. The van der Waals surface area contributed by atoms with Crippen LogP contribution in [0.4, 0.5) is 0 Å². The third-order valence-corrected chi connectivity index (χ3v) is 1.78. The first-order chi connectivity index (χ1) is 7.00. The number of hydrogen-bond acceptors (Lipinski definition) is 4. The molecule has 1 rings (SSSR count). The summed E-state index contributed by atoms with van der Waals surface area (Å²) in [7, 11) is 0. The van der Waals surface area contributed by atoms with Crippen molar-refractivity contribution < 1.29 is 19.4 Å². The second-order valence-corrected chi connectivity index (χ2v) is 3.16. The molecule has 0 saturated carbocycles. The van der Waals surface area contributed by atoms with Crippen LogP contribution in [0.25, 0.3) is 0 Å². The van der Waals surface area contributed by atoms with E-state index < -0.39 is 12.1 Å². The van der Waals surface area contributed by atoms with Gasteiger partial charge in [0.25, 0.3) is 0 Å². The van der Waals surface area contributed by atoms with Crippen LogP contribution in [0.15, 0.2) is 24.3 Å². The molecular weight excluding hydrogens is 196 g/mol. The SMILES string of the molecule is CC(=O)Oc1ccc(C(=O)C(C)O)cc1. The molecule has 0 heterocycles. The quantitative estimate of drug-likeness (QED) is 0.460. The predicted molar refractivity (Wildman–Crippen MR) is 53.8 cm³/mol. The molecule has 0 aliphatic heterocycles. The summed E-state index contributed by atoms with van der Waals surface area (Å²) < 4.78 is 4.80. The maximum Gasteiger partial charge on any atom is 0.308 e. The molecule has 0 bridgehead atoms. The largest absolute Gasteiger partial charge is 0.427 e. The van der Waals surface area contributed by atoms with Crippen molar-refractivity contribution >= 4 is 11.8 Å². The Balaban J connectivity index is 2.81. The average molecular weight is 208 g/mol. The maximum absolute atomic E-state index is 11.3. The van der Waals surface area contributed by atoms with Gasteiger partial charge in [-0.15, -0.1) is 0 Å². The lowest BCUT2D eigenvalue weighted by Gasteiger charge is -2.04. The molecule has 4 nitrogen and oxygen atoms in total. The molecule has 0 spiro atoms. The third-order valence-electron chi connectivity index (χ3n) is 1.78. The minimum Gasteiger partial charge on any atom is -0.427 e. The van der Waals surface area contributed by atoms with Crippen LogP contribution in [0, 0.1) is 0 Å². The Kier molecular flexibility index (Phi) is 3.57. The first-order valence-electron chi connectivity index (χ1n) is 4.51. The fourth-order valence-electron chi connectivity index (χ4n) is 1.09. The number of ether oxygens (including phenoxy) is 1. The van der Waals surface area contributed by atoms with Gasteiger partial charge in [0, 0.05) is 12.5 Å². The lowest BCUT2D eigenvalue weighted by atomic mass is 10.1. The van der Waals surface area contributed by atoms with E-state index in [0.717, 1.165) is 0 Å². The van der Waals surface area contributed by atoms with Gasteiger partial charge in [-0.25, -0.2) is 0 Å². The van der Waals surface area contributed by atoms with Gasteiger partial charge in [0.15, 0.2) is 5.78 Å². The topological polar surface area (TPSA) is 63.6 Å². The fraction of sp³-hybridized carbons (Fsp3) is 0.273. The number of rotatable bonds is 3. The molecule has 1 aromatic carbocycles. The van der Waals surface area contributed by atoms with E-state index in [1.807, 2.05) is 0 Å². The molecule has 15 heavy (non-hydrogen) atoms. The van der Waals surface area contributed by atoms with Crippen LogP contribution in [-0.4, -0.2) is 23.0 Å². The highest BCUT2D eigenvalue weighted by Crippen LogP contribution is 2.13. The van der Waals surface area contributed by atoms with Crippen LogP contribution in [-0.2, 0) is 4.79 Å². The summed E-state index contributed by atoms with van der Waals surface area (Å²) >= 11 is 0. The van der Waals surface area contributed by atoms with Crippen molar-refractivity contribution in [2.24, 2.45) is 0 Å². The molecule has 0 aromatic heterocycles. The van der Waals surface area contributed by atoms with Gasteiger partial charge in [0.05, 0.1) is 0 Å². The summed E-state index contributed by atoms with van der Waals surface area (Å²) in [6, 6.07) is 6.04. The smallest absolute Gasteiger partial charge is 0.308 e. The van der Waals surface area contributed by atoms with Gasteiger partial charge in [-0.2, -0.15) is 0 Å². The Morgan fingerprint density at radius 3 is 2.20 bits per heavy atom. The Morgan fingerprint density at radius 1 is 1.27 bits per heavy atom. The number of carbonyl (C=O) groups excluding carboxylic acids is 2. The number of carbonyl (C=O) groups is 2. The summed E-state index contributed by atoms with van der Waals surface area (Å²) in [5.74, 6) is -0.390. The number of aliphatic hydroxyl groups excluding tert-OH is 1. The fourth-order valence-corrected chi connectivity index (χ4v) is 1.09. The predicted octanol–water partition coefficient (Wildman–Crippen LogP) is 1.18. The van der Waals surface area contributed by atoms with Crippen molar-refractivity contribution in [1.29, 1.82) is 0 Å². The summed E-state index contributed by atoms with van der Waals surface area (Å²) in [6.45, 7) is 2.71. The van der Waals surface area contributed by atoms with E-state index >= 15 is 0 Å². The van der Waals surface area contributed by atoms with Crippen LogP contribution in [0.5, 0.6) is 5.75 Å². The Labute approximate surface area is 87.5 Å². The second kappa shape index (κ2) is 4.70. The van der Waals surface area contributed by atoms with Gasteiger partial charge in [-0.05, 0) is 31.2 Å². The van der Waals surface area contributed by atoms with E-state index in [1.54, 1.807) is 0 Å². The molecule has 1 unspecified atom stereocenters. The molecule has 1 N–H and O–H groups in total. The lowest BCUT2D eigenvalue weighted by molar-refractivity contribution is -0.131. The number of benzene rings is 1. The highest BCUT2D eigenvalue weighted by atomic mass is 16.5. The minimum atomic E-state index is -1.02. The van der Waals surface area contributed by atoms with Gasteiger partial charge in [0.2, 0.25) is 0 Å². The van der Waals surface area contributed by atoms with Crippen molar-refractivity contribution in [2.75, 3.05) is 0 Å². The van der Waals surface area contributed by atoms with Crippen LogP contribution in [0.2, 0.25) is 0 Å². The van der Waals surface area contributed by atoms with Crippen molar-refractivity contribution in [3.05, 3.63) is 29.8 Å². The maximum atomic E-state index is 11.3. The van der Waals surface area contributed by atoms with Gasteiger partial charge in [-0.1, -0.05) is 0 Å². The summed E-state index contributed by atoms with van der Waals surface area (Å²) in [4.78, 5) is 21.9. The second-order valence-electron chi connectivity index (χ2n) is 3.16. The summed E-state index contributed by atoms with van der Waals surface area (Å²) in [5, 5.41) is 9.05. The zero-order valence-electron chi connectivity index (χ0n) is 8.56. The highest BCUT2D eigenvalue weighted by molar-refractivity contribution is 5.99. The third kappa shape index (κ3) is 3.18. The number of hydrogen-bond donors (Lipinski definition) is 1. The van der Waals surface area contributed by atoms with Crippen molar-refractivity contribution in [3.63, 3.8) is 0 Å². The molecule has 80 valence electrons. The summed E-state index contributed by atoms with van der Waals surface area (Å²) in [6.07, 6.45) is -1.02. The summed E-state index contributed by atoms with van der Waals surface area (Å²) in [5.41, 5.74) is 0.390. The number of esters is 1. The molecule has 0 amide bonds. The standard InChI is InChI=1S/C11H12O4/c1-7(12)11(14)9-3-5-10(6-4-9)15-8(2)13/h3-7,12H,1-2H3. The van der Waals surface area contributed by atoms with Crippen LogP contribution >= 0.6 is 0 Å². The zero-order chi connectivity index (χ0) is 11.4. The van der Waals surface area contributed by atoms with Crippen molar-refractivity contribution in [3.8, 4) is 5.75 Å². The van der Waals surface area contributed by atoms with Gasteiger partial charge < -0.3 is 9.84 Å². The Hall–Kier alpha value is -1.68. The molecule has 0 aliphatic carbocycles. The Morgan fingerprint density at radius 2 is 1.80 bits per heavy atom. The number of Topliss-reactive ketones (excluding diaryl/α,β-unsaturated/α-hetero) is 1. The molecule has 0 saturated heterocycles. The van der Waals surface area contributed by atoms with Gasteiger partial charge in [0.1, 0.15) is 11.9 Å². The molecule has 4 heteroatoms. The molecule has 1 atom stereocenters. The first kappa shape index (κ1) is 11.4. The van der Waals surface area contributed by atoms with Crippen LogP contribution in [0.3, 0.4) is 0 Å². The number of aliphatic hydroxyl groups is 1. The van der Waals surface area contributed by atoms with Gasteiger partial charge in [-0.3, -0.25) is 9.59 Å². The van der Waals surface area contributed by atoms with Gasteiger partial charge >= 0.3 is 5.97 Å².